The highest BCUT2D eigenvalue weighted by atomic mass is 32.1. The largest absolute Gasteiger partial charge is 0.321 e. The van der Waals surface area contributed by atoms with Gasteiger partial charge in [-0.15, -0.1) is 0 Å². The third kappa shape index (κ3) is 2.90. The maximum atomic E-state index is 12.1. The summed E-state index contributed by atoms with van der Waals surface area (Å²) in [6.07, 6.45) is 0. The van der Waals surface area contributed by atoms with Crippen molar-refractivity contribution in [3.63, 3.8) is 0 Å². The van der Waals surface area contributed by atoms with Crippen molar-refractivity contribution in [2.24, 2.45) is 0 Å². The number of Topliss-reactive ketones (excluding diaryl/α,β-unsaturated/α-hetero) is 1. The molecule has 0 aliphatic rings. The van der Waals surface area contributed by atoms with Crippen molar-refractivity contribution in [1.29, 1.82) is 0 Å². The molecule has 1 aromatic heterocycles. The Kier molecular flexibility index (Phi) is 3.81. The molecular formula is C15H15NO2S. The van der Waals surface area contributed by atoms with Crippen LogP contribution in [0.2, 0.25) is 0 Å². The minimum absolute atomic E-state index is 0.0487. The fraction of sp³-hybridized carbons (Fsp3) is 0.200. The first-order valence-electron chi connectivity index (χ1n) is 5.95. The summed E-state index contributed by atoms with van der Waals surface area (Å²) in [5.74, 6) is -0.233. The van der Waals surface area contributed by atoms with Gasteiger partial charge < -0.3 is 5.32 Å². The van der Waals surface area contributed by atoms with Crippen molar-refractivity contribution in [2.45, 2.75) is 20.8 Å². The van der Waals surface area contributed by atoms with E-state index < -0.39 is 0 Å². The predicted octanol–water partition coefficient (Wildman–Crippen LogP) is 3.82. The van der Waals surface area contributed by atoms with Gasteiger partial charge in [0.2, 0.25) is 0 Å². The standard InChI is InChI=1S/C15H15NO2S/c1-9-6-10(2)14(13(7-9)11(3)17)16-15(18)12-4-5-19-8-12/h4-8H,1-3H3,(H,16,18). The number of anilines is 1. The summed E-state index contributed by atoms with van der Waals surface area (Å²) < 4.78 is 0. The highest BCUT2D eigenvalue weighted by Crippen LogP contribution is 2.24. The Morgan fingerprint density at radius 1 is 1.21 bits per heavy atom. The molecule has 0 unspecified atom stereocenters. The lowest BCUT2D eigenvalue weighted by Gasteiger charge is -2.13. The van der Waals surface area contributed by atoms with E-state index in [9.17, 15) is 9.59 Å². The topological polar surface area (TPSA) is 46.2 Å². The van der Waals surface area contributed by atoms with Gasteiger partial charge in [0.15, 0.2) is 5.78 Å². The molecule has 3 nitrogen and oxygen atoms in total. The van der Waals surface area contributed by atoms with Gasteiger partial charge in [0.1, 0.15) is 0 Å². The number of hydrogen-bond acceptors (Lipinski definition) is 3. The Hall–Kier alpha value is -1.94. The van der Waals surface area contributed by atoms with E-state index in [0.717, 1.165) is 11.1 Å². The van der Waals surface area contributed by atoms with Crippen molar-refractivity contribution in [2.75, 3.05) is 5.32 Å². The molecule has 1 heterocycles. The van der Waals surface area contributed by atoms with Gasteiger partial charge in [0.05, 0.1) is 11.3 Å². The van der Waals surface area contributed by atoms with Crippen LogP contribution >= 0.6 is 11.3 Å². The number of thiophene rings is 1. The summed E-state index contributed by atoms with van der Waals surface area (Å²) in [6, 6.07) is 5.52. The third-order valence-electron chi connectivity index (χ3n) is 2.88. The van der Waals surface area contributed by atoms with Gasteiger partial charge in [-0.2, -0.15) is 11.3 Å². The lowest BCUT2D eigenvalue weighted by molar-refractivity contribution is 0.101. The Bertz CT molecular complexity index is 630. The van der Waals surface area contributed by atoms with Gasteiger partial charge in [-0.05, 0) is 49.4 Å². The van der Waals surface area contributed by atoms with Crippen molar-refractivity contribution in [3.05, 3.63) is 51.2 Å². The van der Waals surface area contributed by atoms with Crippen LogP contribution in [0.1, 0.15) is 38.8 Å². The molecule has 0 aliphatic heterocycles. The van der Waals surface area contributed by atoms with Crippen molar-refractivity contribution < 1.29 is 9.59 Å². The summed E-state index contributed by atoms with van der Waals surface area (Å²) in [5.41, 5.74) is 3.68. The van der Waals surface area contributed by atoms with Crippen LogP contribution in [-0.4, -0.2) is 11.7 Å². The van der Waals surface area contributed by atoms with Crippen molar-refractivity contribution in [1.82, 2.24) is 0 Å². The summed E-state index contributed by atoms with van der Waals surface area (Å²) in [7, 11) is 0. The summed E-state index contributed by atoms with van der Waals surface area (Å²) >= 11 is 1.47. The first-order valence-corrected chi connectivity index (χ1v) is 6.89. The van der Waals surface area contributed by atoms with E-state index in [1.54, 1.807) is 17.5 Å². The van der Waals surface area contributed by atoms with Crippen LogP contribution in [0, 0.1) is 13.8 Å². The van der Waals surface area contributed by atoms with Gasteiger partial charge in [-0.3, -0.25) is 9.59 Å². The molecule has 2 aromatic rings. The Morgan fingerprint density at radius 3 is 2.53 bits per heavy atom. The Balaban J connectivity index is 2.39. The van der Waals surface area contributed by atoms with Gasteiger partial charge in [0, 0.05) is 10.9 Å². The van der Waals surface area contributed by atoms with Gasteiger partial charge >= 0.3 is 0 Å². The molecule has 0 radical (unpaired) electrons. The van der Waals surface area contributed by atoms with E-state index in [1.165, 1.54) is 18.3 Å². The molecule has 19 heavy (non-hydrogen) atoms. The van der Waals surface area contributed by atoms with Crippen LogP contribution in [0.4, 0.5) is 5.69 Å². The van der Waals surface area contributed by atoms with Crippen LogP contribution in [0.25, 0.3) is 0 Å². The normalized spacial score (nSPS) is 10.3. The van der Waals surface area contributed by atoms with E-state index in [1.807, 2.05) is 25.3 Å². The number of nitrogens with one attached hydrogen (secondary N) is 1. The Labute approximate surface area is 116 Å². The molecule has 0 saturated heterocycles. The molecule has 0 aliphatic carbocycles. The first-order chi connectivity index (χ1) is 8.99. The number of aryl methyl sites for hydroxylation is 2. The second kappa shape index (κ2) is 5.36. The molecule has 0 spiro atoms. The highest BCUT2D eigenvalue weighted by molar-refractivity contribution is 7.08. The number of benzene rings is 1. The first kappa shape index (κ1) is 13.5. The van der Waals surface area contributed by atoms with Crippen LogP contribution in [-0.2, 0) is 0 Å². The minimum Gasteiger partial charge on any atom is -0.321 e. The second-order valence-electron chi connectivity index (χ2n) is 4.53. The molecule has 98 valence electrons. The molecule has 0 saturated carbocycles. The van der Waals surface area contributed by atoms with Gasteiger partial charge in [-0.1, -0.05) is 6.07 Å². The maximum absolute atomic E-state index is 12.1. The molecule has 4 heteroatoms. The summed E-state index contributed by atoms with van der Waals surface area (Å²) in [4.78, 5) is 23.8. The molecular weight excluding hydrogens is 258 g/mol. The van der Waals surface area contributed by atoms with E-state index in [-0.39, 0.29) is 11.7 Å². The zero-order valence-corrected chi connectivity index (χ0v) is 11.9. The fourth-order valence-corrected chi connectivity index (χ4v) is 2.63. The molecule has 2 rings (SSSR count). The van der Waals surface area contributed by atoms with E-state index >= 15 is 0 Å². The lowest BCUT2D eigenvalue weighted by atomic mass is 10.0. The fourth-order valence-electron chi connectivity index (χ4n) is 1.99. The number of ketones is 1. The highest BCUT2D eigenvalue weighted by Gasteiger charge is 2.14. The van der Waals surface area contributed by atoms with E-state index in [0.29, 0.717) is 16.8 Å². The number of amides is 1. The summed E-state index contributed by atoms with van der Waals surface area (Å²) in [5, 5.41) is 6.47. The van der Waals surface area contributed by atoms with Gasteiger partial charge in [0.25, 0.3) is 5.91 Å². The van der Waals surface area contributed by atoms with Crippen LogP contribution < -0.4 is 5.32 Å². The van der Waals surface area contributed by atoms with Crippen LogP contribution in [0.5, 0.6) is 0 Å². The molecule has 0 bridgehead atoms. The zero-order valence-electron chi connectivity index (χ0n) is 11.1. The molecule has 0 fully saturated rings. The average molecular weight is 273 g/mol. The molecule has 1 aromatic carbocycles. The zero-order chi connectivity index (χ0) is 14.0. The quantitative estimate of drug-likeness (QED) is 0.864. The van der Waals surface area contributed by atoms with Crippen molar-refractivity contribution in [3.8, 4) is 0 Å². The number of carbonyl (C=O) groups excluding carboxylic acids is 2. The third-order valence-corrected chi connectivity index (χ3v) is 3.56. The molecule has 1 N–H and O–H groups in total. The second-order valence-corrected chi connectivity index (χ2v) is 5.31. The number of carbonyl (C=O) groups is 2. The monoisotopic (exact) mass is 273 g/mol. The molecule has 0 atom stereocenters. The maximum Gasteiger partial charge on any atom is 0.256 e. The number of hydrogen-bond donors (Lipinski definition) is 1. The lowest BCUT2D eigenvalue weighted by Crippen LogP contribution is -2.15. The average Bonchev–Trinajstić information content (AvgIpc) is 2.85. The Morgan fingerprint density at radius 2 is 1.95 bits per heavy atom. The smallest absolute Gasteiger partial charge is 0.256 e. The molecule has 1 amide bonds. The van der Waals surface area contributed by atoms with Crippen LogP contribution in [0.15, 0.2) is 29.0 Å². The van der Waals surface area contributed by atoms with Gasteiger partial charge in [-0.25, -0.2) is 0 Å². The van der Waals surface area contributed by atoms with Crippen LogP contribution in [0.3, 0.4) is 0 Å². The predicted molar refractivity (Wildman–Crippen MR) is 78.2 cm³/mol. The van der Waals surface area contributed by atoms with E-state index in [2.05, 4.69) is 5.32 Å². The SMILES string of the molecule is CC(=O)c1cc(C)cc(C)c1NC(=O)c1ccsc1. The van der Waals surface area contributed by atoms with E-state index in [4.69, 9.17) is 0 Å². The number of rotatable bonds is 3. The van der Waals surface area contributed by atoms with Crippen molar-refractivity contribution >= 4 is 28.7 Å². The minimum atomic E-state index is -0.185. The summed E-state index contributed by atoms with van der Waals surface area (Å²) in [6.45, 7) is 5.33.